The van der Waals surface area contributed by atoms with Crippen molar-refractivity contribution in [2.75, 3.05) is 5.73 Å². The van der Waals surface area contributed by atoms with Gasteiger partial charge in [-0.25, -0.2) is 0 Å². The number of hydrogen-bond donors (Lipinski definition) is 1. The van der Waals surface area contributed by atoms with Crippen molar-refractivity contribution in [3.8, 4) is 0 Å². The average molecular weight is 182 g/mol. The van der Waals surface area contributed by atoms with Crippen molar-refractivity contribution in [3.63, 3.8) is 0 Å². The normalized spacial score (nSPS) is 8.54. The van der Waals surface area contributed by atoms with Gasteiger partial charge in [0.25, 0.3) is 5.69 Å². The minimum Gasteiger partial charge on any atom is -0.398 e. The summed E-state index contributed by atoms with van der Waals surface area (Å²) in [6, 6.07) is 4.65. The predicted molar refractivity (Wildman–Crippen MR) is 53.6 cm³/mol. The van der Waals surface area contributed by atoms with E-state index in [1.165, 1.54) is 6.07 Å². The fourth-order valence-electron chi connectivity index (χ4n) is 0.839. The maximum Gasteiger partial charge on any atom is 0.274 e. The molecule has 0 radical (unpaired) electrons. The molecule has 0 aliphatic rings. The molecule has 0 aliphatic heterocycles. The average Bonchev–Trinajstić information content (AvgIpc) is 2.13. The van der Waals surface area contributed by atoms with Crippen molar-refractivity contribution in [2.24, 2.45) is 0 Å². The van der Waals surface area contributed by atoms with Crippen LogP contribution in [0.25, 0.3) is 0 Å². The lowest BCUT2D eigenvalue weighted by atomic mass is 10.2. The largest absolute Gasteiger partial charge is 0.398 e. The molecule has 0 spiro atoms. The van der Waals surface area contributed by atoms with Crippen molar-refractivity contribution < 1.29 is 4.92 Å². The first-order chi connectivity index (χ1) is 6.13. The molecule has 13 heavy (non-hydrogen) atoms. The van der Waals surface area contributed by atoms with Gasteiger partial charge in [0, 0.05) is 17.3 Å². The van der Waals surface area contributed by atoms with Crippen LogP contribution in [0.5, 0.6) is 0 Å². The highest BCUT2D eigenvalue weighted by molar-refractivity contribution is 5.56. The van der Waals surface area contributed by atoms with Crippen LogP contribution in [-0.2, 0) is 0 Å². The Morgan fingerprint density at radius 3 is 2.31 bits per heavy atom. The third-order valence-corrected chi connectivity index (χ3v) is 1.54. The number of nitro groups is 1. The third kappa shape index (κ3) is 2.74. The smallest absolute Gasteiger partial charge is 0.274 e. The van der Waals surface area contributed by atoms with Gasteiger partial charge in [-0.05, 0) is 13.0 Å². The Morgan fingerprint density at radius 2 is 1.92 bits per heavy atom. The number of nitrogen functional groups attached to an aromatic ring is 1. The Labute approximate surface area is 77.5 Å². The number of benzene rings is 1. The van der Waals surface area contributed by atoms with E-state index in [2.05, 4.69) is 0 Å². The van der Waals surface area contributed by atoms with Crippen LogP contribution >= 0.6 is 0 Å². The fourth-order valence-corrected chi connectivity index (χ4v) is 0.839. The zero-order valence-electron chi connectivity index (χ0n) is 8.07. The lowest BCUT2D eigenvalue weighted by Crippen LogP contribution is -1.95. The SMILES string of the molecule is CC.Cc1c(N)cccc1[N+](=O)[O-]. The maximum atomic E-state index is 10.3. The number of nitrogens with zero attached hydrogens (tertiary/aromatic N) is 1. The van der Waals surface area contributed by atoms with Gasteiger partial charge in [-0.2, -0.15) is 0 Å². The zero-order chi connectivity index (χ0) is 10.4. The molecular formula is C9H14N2O2. The Bertz CT molecular complexity index is 298. The molecule has 0 amide bonds. The maximum absolute atomic E-state index is 10.3. The van der Waals surface area contributed by atoms with Gasteiger partial charge in [0.05, 0.1) is 4.92 Å². The fraction of sp³-hybridized carbons (Fsp3) is 0.333. The lowest BCUT2D eigenvalue weighted by molar-refractivity contribution is -0.385. The second kappa shape index (κ2) is 5.13. The number of rotatable bonds is 1. The van der Waals surface area contributed by atoms with Crippen LogP contribution in [0, 0.1) is 17.0 Å². The van der Waals surface area contributed by atoms with Crippen molar-refractivity contribution in [3.05, 3.63) is 33.9 Å². The van der Waals surface area contributed by atoms with E-state index in [9.17, 15) is 10.1 Å². The summed E-state index contributed by atoms with van der Waals surface area (Å²) in [5.41, 5.74) is 6.51. The van der Waals surface area contributed by atoms with Gasteiger partial charge in [-0.15, -0.1) is 0 Å². The minimum absolute atomic E-state index is 0.0741. The summed E-state index contributed by atoms with van der Waals surface area (Å²) in [5.74, 6) is 0. The van der Waals surface area contributed by atoms with Gasteiger partial charge in [0.2, 0.25) is 0 Å². The molecule has 4 nitrogen and oxygen atoms in total. The van der Waals surface area contributed by atoms with Gasteiger partial charge < -0.3 is 5.73 Å². The van der Waals surface area contributed by atoms with Gasteiger partial charge >= 0.3 is 0 Å². The number of nitro benzene ring substituents is 1. The van der Waals surface area contributed by atoms with E-state index in [0.29, 0.717) is 11.3 Å². The number of hydrogen-bond acceptors (Lipinski definition) is 3. The molecule has 1 rings (SSSR count). The summed E-state index contributed by atoms with van der Waals surface area (Å²) in [4.78, 5) is 9.89. The Kier molecular flexibility index (Phi) is 4.51. The van der Waals surface area contributed by atoms with Crippen molar-refractivity contribution in [1.29, 1.82) is 0 Å². The summed E-state index contributed by atoms with van der Waals surface area (Å²) in [6.07, 6.45) is 0. The second-order valence-electron chi connectivity index (χ2n) is 2.25. The monoisotopic (exact) mass is 182 g/mol. The zero-order valence-corrected chi connectivity index (χ0v) is 8.07. The molecule has 72 valence electrons. The van der Waals surface area contributed by atoms with Crippen LogP contribution in [0.15, 0.2) is 18.2 Å². The molecule has 1 aromatic rings. The molecule has 0 saturated heterocycles. The van der Waals surface area contributed by atoms with Gasteiger partial charge in [0.15, 0.2) is 0 Å². The van der Waals surface area contributed by atoms with E-state index in [1.807, 2.05) is 13.8 Å². The predicted octanol–water partition coefficient (Wildman–Crippen LogP) is 2.51. The standard InChI is InChI=1S/C7H8N2O2.C2H6/c1-5-6(8)3-2-4-7(5)9(10)11;1-2/h2-4H,8H2,1H3;1-2H3. The molecule has 4 heteroatoms. The third-order valence-electron chi connectivity index (χ3n) is 1.54. The van der Waals surface area contributed by atoms with Crippen LogP contribution in [0.4, 0.5) is 11.4 Å². The van der Waals surface area contributed by atoms with Crippen molar-refractivity contribution >= 4 is 11.4 Å². The summed E-state index contributed by atoms with van der Waals surface area (Å²) < 4.78 is 0. The van der Waals surface area contributed by atoms with Crippen molar-refractivity contribution in [1.82, 2.24) is 0 Å². The van der Waals surface area contributed by atoms with E-state index < -0.39 is 4.92 Å². The quantitative estimate of drug-likeness (QED) is 0.412. The van der Waals surface area contributed by atoms with Gasteiger partial charge in [0.1, 0.15) is 0 Å². The summed E-state index contributed by atoms with van der Waals surface area (Å²) in [5, 5.41) is 10.3. The molecule has 0 atom stereocenters. The molecule has 0 unspecified atom stereocenters. The van der Waals surface area contributed by atoms with Crippen LogP contribution in [0.2, 0.25) is 0 Å². The number of anilines is 1. The van der Waals surface area contributed by atoms with Gasteiger partial charge in [-0.3, -0.25) is 10.1 Å². The van der Waals surface area contributed by atoms with Crippen LogP contribution in [0.3, 0.4) is 0 Å². The van der Waals surface area contributed by atoms with Crippen molar-refractivity contribution in [2.45, 2.75) is 20.8 Å². The van der Waals surface area contributed by atoms with Gasteiger partial charge in [-0.1, -0.05) is 19.9 Å². The van der Waals surface area contributed by atoms with E-state index in [-0.39, 0.29) is 5.69 Å². The molecule has 0 fully saturated rings. The summed E-state index contributed by atoms with van der Waals surface area (Å²) in [6.45, 7) is 5.63. The first-order valence-electron chi connectivity index (χ1n) is 4.12. The molecule has 0 saturated carbocycles. The Morgan fingerprint density at radius 1 is 1.38 bits per heavy atom. The Hall–Kier alpha value is -1.58. The molecule has 1 aromatic carbocycles. The first kappa shape index (κ1) is 11.4. The lowest BCUT2D eigenvalue weighted by Gasteiger charge is -1.98. The van der Waals surface area contributed by atoms with Crippen LogP contribution in [-0.4, -0.2) is 4.92 Å². The number of nitrogens with two attached hydrogens (primary N) is 1. The topological polar surface area (TPSA) is 69.2 Å². The summed E-state index contributed by atoms with van der Waals surface area (Å²) >= 11 is 0. The molecule has 0 bridgehead atoms. The summed E-state index contributed by atoms with van der Waals surface area (Å²) in [7, 11) is 0. The van der Waals surface area contributed by atoms with E-state index in [1.54, 1.807) is 19.1 Å². The highest BCUT2D eigenvalue weighted by Crippen LogP contribution is 2.21. The first-order valence-corrected chi connectivity index (χ1v) is 4.12. The molecule has 2 N–H and O–H groups in total. The second-order valence-corrected chi connectivity index (χ2v) is 2.25. The minimum atomic E-state index is -0.439. The highest BCUT2D eigenvalue weighted by atomic mass is 16.6. The Balaban J connectivity index is 0.000000671. The molecule has 0 heterocycles. The molecule has 0 aromatic heterocycles. The van der Waals surface area contributed by atoms with E-state index >= 15 is 0 Å². The van der Waals surface area contributed by atoms with Crippen LogP contribution < -0.4 is 5.73 Å². The molecular weight excluding hydrogens is 168 g/mol. The van der Waals surface area contributed by atoms with E-state index in [0.717, 1.165) is 0 Å². The van der Waals surface area contributed by atoms with Crippen LogP contribution in [0.1, 0.15) is 19.4 Å². The van der Waals surface area contributed by atoms with E-state index in [4.69, 9.17) is 5.73 Å². The highest BCUT2D eigenvalue weighted by Gasteiger charge is 2.10. The molecule has 0 aliphatic carbocycles.